The molecule has 1 unspecified atom stereocenters. The number of rotatable bonds is 4. The van der Waals surface area contributed by atoms with Gasteiger partial charge >= 0.3 is 0 Å². The summed E-state index contributed by atoms with van der Waals surface area (Å²) in [4.78, 5) is 21.1. The van der Waals surface area contributed by atoms with E-state index in [-0.39, 0.29) is 5.91 Å². The van der Waals surface area contributed by atoms with Crippen LogP contribution in [0.4, 0.5) is 0 Å². The minimum absolute atomic E-state index is 0.0305. The Morgan fingerprint density at radius 1 is 1.19 bits per heavy atom. The molecule has 1 aromatic heterocycles. The van der Waals surface area contributed by atoms with Gasteiger partial charge in [0.2, 0.25) is 5.91 Å². The number of nitrogens with zero attached hydrogens (tertiary/aromatic N) is 4. The Morgan fingerprint density at radius 2 is 2.04 bits per heavy atom. The van der Waals surface area contributed by atoms with Gasteiger partial charge in [-0.3, -0.25) is 9.69 Å². The Labute approximate surface area is 155 Å². The molecule has 0 spiro atoms. The summed E-state index contributed by atoms with van der Waals surface area (Å²) in [5.74, 6) is 0.0305. The number of piperidine rings is 2. The number of hydrogen-bond donors (Lipinski definition) is 0. The van der Waals surface area contributed by atoms with Gasteiger partial charge in [0.25, 0.3) is 0 Å². The molecule has 2 saturated heterocycles. The number of carbonyl (C=O) groups is 1. The molecule has 5 nitrogen and oxygen atoms in total. The summed E-state index contributed by atoms with van der Waals surface area (Å²) < 4.78 is 2.25. The molecule has 0 saturated carbocycles. The van der Waals surface area contributed by atoms with Crippen LogP contribution in [-0.4, -0.2) is 51.4 Å². The number of fused-ring (bicyclic) bond motifs is 1. The van der Waals surface area contributed by atoms with Crippen LogP contribution in [-0.2, 0) is 11.3 Å². The molecular formula is C21H28N4O. The van der Waals surface area contributed by atoms with E-state index in [0.717, 1.165) is 38.0 Å². The van der Waals surface area contributed by atoms with Crippen LogP contribution in [0.3, 0.4) is 0 Å². The second kappa shape index (κ2) is 7.62. The van der Waals surface area contributed by atoms with Crippen molar-refractivity contribution in [2.45, 2.75) is 44.7 Å². The summed E-state index contributed by atoms with van der Waals surface area (Å²) in [7, 11) is 0. The average Bonchev–Trinajstić information content (AvgIpc) is 3.11. The maximum absolute atomic E-state index is 12.0. The first-order valence-corrected chi connectivity index (χ1v) is 9.84. The van der Waals surface area contributed by atoms with Crippen LogP contribution in [0.2, 0.25) is 0 Å². The second-order valence-electron chi connectivity index (χ2n) is 7.60. The van der Waals surface area contributed by atoms with Crippen LogP contribution in [0.15, 0.2) is 37.2 Å². The SMILES string of the molecule is C=CC(=O)N1CCCC(n2cnc3cc(CN4CCCCC4)ccc32)C1. The first kappa shape index (κ1) is 17.3. The fraction of sp³-hybridized carbons (Fsp3) is 0.524. The lowest BCUT2D eigenvalue weighted by Crippen LogP contribution is -2.39. The third-order valence-corrected chi connectivity index (χ3v) is 5.77. The minimum Gasteiger partial charge on any atom is -0.337 e. The monoisotopic (exact) mass is 352 g/mol. The number of hydrogen-bond acceptors (Lipinski definition) is 3. The lowest BCUT2D eigenvalue weighted by atomic mass is 10.0. The molecule has 1 amide bonds. The zero-order valence-electron chi connectivity index (χ0n) is 15.4. The number of carbonyl (C=O) groups excluding carboxylic acids is 1. The molecule has 5 heteroatoms. The van der Waals surface area contributed by atoms with Crippen LogP contribution in [0.5, 0.6) is 0 Å². The molecule has 1 aromatic carbocycles. The van der Waals surface area contributed by atoms with Gasteiger partial charge in [0.05, 0.1) is 23.4 Å². The normalized spacial score (nSPS) is 21.8. The predicted molar refractivity (Wildman–Crippen MR) is 104 cm³/mol. The van der Waals surface area contributed by atoms with Gasteiger partial charge in [-0.2, -0.15) is 0 Å². The van der Waals surface area contributed by atoms with Crippen molar-refractivity contribution in [2.75, 3.05) is 26.2 Å². The molecule has 138 valence electrons. The highest BCUT2D eigenvalue weighted by molar-refractivity contribution is 5.87. The lowest BCUT2D eigenvalue weighted by molar-refractivity contribution is -0.127. The van der Waals surface area contributed by atoms with Gasteiger partial charge in [-0.15, -0.1) is 0 Å². The summed E-state index contributed by atoms with van der Waals surface area (Å²) in [6.45, 7) is 8.63. The summed E-state index contributed by atoms with van der Waals surface area (Å²) in [5.41, 5.74) is 3.58. The van der Waals surface area contributed by atoms with E-state index in [2.05, 4.69) is 39.2 Å². The van der Waals surface area contributed by atoms with Crippen molar-refractivity contribution in [3.63, 3.8) is 0 Å². The van der Waals surface area contributed by atoms with E-state index in [1.54, 1.807) is 0 Å². The lowest BCUT2D eigenvalue weighted by Gasteiger charge is -2.33. The summed E-state index contributed by atoms with van der Waals surface area (Å²) in [6.07, 6.45) is 9.48. The van der Waals surface area contributed by atoms with E-state index < -0.39 is 0 Å². The molecule has 2 aliphatic heterocycles. The van der Waals surface area contributed by atoms with E-state index >= 15 is 0 Å². The Hall–Kier alpha value is -2.14. The standard InChI is InChI=1S/C21H28N4O/c1-2-21(26)24-12-6-7-18(15-24)25-16-22-19-13-17(8-9-20(19)25)14-23-10-4-3-5-11-23/h2,8-9,13,16,18H,1,3-7,10-12,14-15H2. The van der Waals surface area contributed by atoms with E-state index in [0.29, 0.717) is 6.04 Å². The third kappa shape index (κ3) is 3.54. The maximum atomic E-state index is 12.0. The highest BCUT2D eigenvalue weighted by atomic mass is 16.2. The van der Waals surface area contributed by atoms with E-state index in [1.807, 2.05) is 11.2 Å². The first-order chi connectivity index (χ1) is 12.7. The summed E-state index contributed by atoms with van der Waals surface area (Å²) in [6, 6.07) is 6.97. The van der Waals surface area contributed by atoms with Crippen molar-refractivity contribution in [1.29, 1.82) is 0 Å². The Morgan fingerprint density at radius 3 is 2.85 bits per heavy atom. The van der Waals surface area contributed by atoms with Gasteiger partial charge < -0.3 is 9.47 Å². The van der Waals surface area contributed by atoms with Crippen molar-refractivity contribution in [1.82, 2.24) is 19.4 Å². The van der Waals surface area contributed by atoms with Crippen molar-refractivity contribution in [3.8, 4) is 0 Å². The molecule has 2 aromatic rings. The molecule has 4 rings (SSSR count). The molecule has 2 aliphatic rings. The number of aromatic nitrogens is 2. The van der Waals surface area contributed by atoms with Gasteiger partial charge in [-0.05, 0) is 62.5 Å². The molecule has 0 radical (unpaired) electrons. The van der Waals surface area contributed by atoms with Gasteiger partial charge in [0.15, 0.2) is 0 Å². The molecular weight excluding hydrogens is 324 g/mol. The topological polar surface area (TPSA) is 41.4 Å². The van der Waals surface area contributed by atoms with Crippen molar-refractivity contribution < 1.29 is 4.79 Å². The van der Waals surface area contributed by atoms with Gasteiger partial charge in [0, 0.05) is 19.6 Å². The zero-order valence-corrected chi connectivity index (χ0v) is 15.4. The first-order valence-electron chi connectivity index (χ1n) is 9.84. The molecule has 3 heterocycles. The van der Waals surface area contributed by atoms with Gasteiger partial charge in [-0.1, -0.05) is 19.1 Å². The highest BCUT2D eigenvalue weighted by Gasteiger charge is 2.24. The fourth-order valence-corrected chi connectivity index (χ4v) is 4.35. The molecule has 0 N–H and O–H groups in total. The Kier molecular flexibility index (Phi) is 5.07. The number of benzene rings is 1. The van der Waals surface area contributed by atoms with Crippen molar-refractivity contribution >= 4 is 16.9 Å². The molecule has 0 bridgehead atoms. The van der Waals surface area contributed by atoms with E-state index in [4.69, 9.17) is 0 Å². The maximum Gasteiger partial charge on any atom is 0.246 e. The zero-order chi connectivity index (χ0) is 17.9. The molecule has 1 atom stereocenters. The van der Waals surface area contributed by atoms with Crippen molar-refractivity contribution in [3.05, 3.63) is 42.7 Å². The number of amides is 1. The van der Waals surface area contributed by atoms with Crippen LogP contribution in [0, 0.1) is 0 Å². The Balaban J connectivity index is 1.51. The predicted octanol–water partition coefficient (Wildman–Crippen LogP) is 3.37. The molecule has 0 aliphatic carbocycles. The minimum atomic E-state index is 0.0305. The third-order valence-electron chi connectivity index (χ3n) is 5.77. The summed E-state index contributed by atoms with van der Waals surface area (Å²) in [5, 5.41) is 0. The largest absolute Gasteiger partial charge is 0.337 e. The second-order valence-corrected chi connectivity index (χ2v) is 7.60. The Bertz CT molecular complexity index is 790. The van der Waals surface area contributed by atoms with Crippen LogP contribution >= 0.6 is 0 Å². The molecule has 26 heavy (non-hydrogen) atoms. The van der Waals surface area contributed by atoms with E-state index in [1.165, 1.54) is 49.5 Å². The highest BCUT2D eigenvalue weighted by Crippen LogP contribution is 2.27. The van der Waals surface area contributed by atoms with Crippen LogP contribution in [0.25, 0.3) is 11.0 Å². The number of imidazole rings is 1. The smallest absolute Gasteiger partial charge is 0.246 e. The van der Waals surface area contributed by atoms with E-state index in [9.17, 15) is 4.79 Å². The quantitative estimate of drug-likeness (QED) is 0.792. The summed E-state index contributed by atoms with van der Waals surface area (Å²) >= 11 is 0. The number of likely N-dealkylation sites (tertiary alicyclic amines) is 2. The fourth-order valence-electron chi connectivity index (χ4n) is 4.35. The van der Waals surface area contributed by atoms with Gasteiger partial charge in [0.1, 0.15) is 0 Å². The van der Waals surface area contributed by atoms with Crippen LogP contribution in [0.1, 0.15) is 43.7 Å². The molecule has 2 fully saturated rings. The van der Waals surface area contributed by atoms with Crippen LogP contribution < -0.4 is 0 Å². The van der Waals surface area contributed by atoms with Gasteiger partial charge in [-0.25, -0.2) is 4.98 Å². The van der Waals surface area contributed by atoms with Crippen molar-refractivity contribution in [2.24, 2.45) is 0 Å². The average molecular weight is 352 g/mol.